The molecule has 0 aliphatic heterocycles. The van der Waals surface area contributed by atoms with Gasteiger partial charge in [0.05, 0.1) is 11.4 Å². The Kier molecular flexibility index (Phi) is 3.38. The summed E-state index contributed by atoms with van der Waals surface area (Å²) in [6.45, 7) is 3.05. The molecular weight excluding hydrogens is 234 g/mol. The molecule has 1 aromatic carbocycles. The minimum atomic E-state index is 0.567. The molecule has 3 rings (SSSR count). The zero-order valence-electron chi connectivity index (χ0n) is 11.7. The quantitative estimate of drug-likeness (QED) is 0.908. The number of nitrogens with one attached hydrogen (secondary N) is 1. The number of nitrogens with zero attached hydrogens (tertiary/aromatic N) is 2. The summed E-state index contributed by atoms with van der Waals surface area (Å²) in [6, 6.07) is 11.5. The maximum atomic E-state index is 4.49. The number of hydrogen-bond donors (Lipinski definition) is 1. The Morgan fingerprint density at radius 3 is 2.53 bits per heavy atom. The van der Waals surface area contributed by atoms with Crippen molar-refractivity contribution in [3.63, 3.8) is 0 Å². The predicted octanol–water partition coefficient (Wildman–Crippen LogP) is 2.24. The summed E-state index contributed by atoms with van der Waals surface area (Å²) in [6.07, 6.45) is 3.30. The standard InChI is InChI=1S/C16H21N3/c1-3-14-10-16(19(2)18-14)11-17-15-8-12-6-4-5-7-13(12)9-15/h4-7,10,15,17H,3,8-9,11H2,1-2H3. The van der Waals surface area contributed by atoms with Gasteiger partial charge in [0, 0.05) is 19.6 Å². The number of rotatable bonds is 4. The van der Waals surface area contributed by atoms with Crippen molar-refractivity contribution in [2.75, 3.05) is 0 Å². The Morgan fingerprint density at radius 1 is 1.26 bits per heavy atom. The first-order valence-corrected chi connectivity index (χ1v) is 7.08. The van der Waals surface area contributed by atoms with E-state index in [-0.39, 0.29) is 0 Å². The average molecular weight is 255 g/mol. The normalized spacial score (nSPS) is 14.8. The van der Waals surface area contributed by atoms with Crippen LogP contribution in [0.25, 0.3) is 0 Å². The molecule has 3 heteroatoms. The Morgan fingerprint density at radius 2 is 1.95 bits per heavy atom. The number of aromatic nitrogens is 2. The van der Waals surface area contributed by atoms with Gasteiger partial charge in [-0.1, -0.05) is 31.2 Å². The molecule has 0 bridgehead atoms. The molecule has 1 aromatic heterocycles. The third-order valence-corrected chi connectivity index (χ3v) is 4.01. The number of aryl methyl sites for hydroxylation is 2. The Balaban J connectivity index is 1.61. The summed E-state index contributed by atoms with van der Waals surface area (Å²) < 4.78 is 1.99. The zero-order valence-corrected chi connectivity index (χ0v) is 11.7. The molecule has 0 unspecified atom stereocenters. The first kappa shape index (κ1) is 12.4. The molecule has 2 aromatic rings. The van der Waals surface area contributed by atoms with Gasteiger partial charge in [0.15, 0.2) is 0 Å². The second kappa shape index (κ2) is 5.17. The molecule has 0 atom stereocenters. The summed E-state index contributed by atoms with van der Waals surface area (Å²) in [5, 5.41) is 8.15. The first-order chi connectivity index (χ1) is 9.26. The van der Waals surface area contributed by atoms with Gasteiger partial charge >= 0.3 is 0 Å². The molecule has 1 N–H and O–H groups in total. The average Bonchev–Trinajstić information content (AvgIpc) is 2.99. The smallest absolute Gasteiger partial charge is 0.0625 e. The van der Waals surface area contributed by atoms with Crippen LogP contribution in [0, 0.1) is 0 Å². The van der Waals surface area contributed by atoms with Crippen molar-refractivity contribution in [1.82, 2.24) is 15.1 Å². The van der Waals surface area contributed by atoms with Crippen molar-refractivity contribution in [3.8, 4) is 0 Å². The van der Waals surface area contributed by atoms with E-state index in [0.717, 1.165) is 25.8 Å². The predicted molar refractivity (Wildman–Crippen MR) is 77.1 cm³/mol. The second-order valence-electron chi connectivity index (χ2n) is 5.36. The van der Waals surface area contributed by atoms with Crippen LogP contribution in [0.3, 0.4) is 0 Å². The van der Waals surface area contributed by atoms with Crippen LogP contribution in [0.2, 0.25) is 0 Å². The summed E-state index contributed by atoms with van der Waals surface area (Å²) in [5.74, 6) is 0. The topological polar surface area (TPSA) is 29.9 Å². The minimum absolute atomic E-state index is 0.567. The largest absolute Gasteiger partial charge is 0.308 e. The molecule has 1 aliphatic rings. The van der Waals surface area contributed by atoms with Crippen LogP contribution in [-0.4, -0.2) is 15.8 Å². The lowest BCUT2D eigenvalue weighted by Gasteiger charge is -2.11. The highest BCUT2D eigenvalue weighted by molar-refractivity contribution is 5.33. The summed E-state index contributed by atoms with van der Waals surface area (Å²) in [7, 11) is 2.03. The van der Waals surface area contributed by atoms with Crippen LogP contribution >= 0.6 is 0 Å². The van der Waals surface area contributed by atoms with Crippen molar-refractivity contribution in [1.29, 1.82) is 0 Å². The van der Waals surface area contributed by atoms with Gasteiger partial charge < -0.3 is 5.32 Å². The molecule has 0 saturated carbocycles. The van der Waals surface area contributed by atoms with Crippen LogP contribution < -0.4 is 5.32 Å². The fraction of sp³-hybridized carbons (Fsp3) is 0.438. The molecule has 3 nitrogen and oxygen atoms in total. The minimum Gasteiger partial charge on any atom is -0.308 e. The SMILES string of the molecule is CCc1cc(CNC2Cc3ccccc3C2)n(C)n1. The Hall–Kier alpha value is -1.61. The summed E-state index contributed by atoms with van der Waals surface area (Å²) >= 11 is 0. The molecule has 19 heavy (non-hydrogen) atoms. The van der Waals surface area contributed by atoms with E-state index in [9.17, 15) is 0 Å². The van der Waals surface area contributed by atoms with Crippen LogP contribution in [0.15, 0.2) is 30.3 Å². The number of benzene rings is 1. The zero-order chi connectivity index (χ0) is 13.2. The van der Waals surface area contributed by atoms with Crippen LogP contribution in [0.5, 0.6) is 0 Å². The highest BCUT2D eigenvalue weighted by atomic mass is 15.3. The van der Waals surface area contributed by atoms with Crippen LogP contribution in [0.1, 0.15) is 29.4 Å². The lowest BCUT2D eigenvalue weighted by Crippen LogP contribution is -2.29. The molecule has 1 aliphatic carbocycles. The second-order valence-corrected chi connectivity index (χ2v) is 5.36. The van der Waals surface area contributed by atoms with Crippen molar-refractivity contribution >= 4 is 0 Å². The van der Waals surface area contributed by atoms with E-state index in [2.05, 4.69) is 47.7 Å². The molecule has 0 fully saturated rings. The van der Waals surface area contributed by atoms with Gasteiger partial charge in [-0.25, -0.2) is 0 Å². The lowest BCUT2D eigenvalue weighted by atomic mass is 10.1. The molecule has 0 spiro atoms. The van der Waals surface area contributed by atoms with Gasteiger partial charge in [-0.2, -0.15) is 5.10 Å². The van der Waals surface area contributed by atoms with Gasteiger partial charge in [-0.3, -0.25) is 4.68 Å². The van der Waals surface area contributed by atoms with Gasteiger partial charge in [0.25, 0.3) is 0 Å². The van der Waals surface area contributed by atoms with Gasteiger partial charge in [-0.05, 0) is 36.5 Å². The van der Waals surface area contributed by atoms with E-state index in [0.29, 0.717) is 6.04 Å². The number of hydrogen-bond acceptors (Lipinski definition) is 2. The molecule has 100 valence electrons. The van der Waals surface area contributed by atoms with Gasteiger partial charge in [0.1, 0.15) is 0 Å². The van der Waals surface area contributed by atoms with Gasteiger partial charge in [0.2, 0.25) is 0 Å². The van der Waals surface area contributed by atoms with Crippen molar-refractivity contribution in [2.24, 2.45) is 7.05 Å². The van der Waals surface area contributed by atoms with E-state index < -0.39 is 0 Å². The van der Waals surface area contributed by atoms with E-state index in [1.54, 1.807) is 0 Å². The summed E-state index contributed by atoms with van der Waals surface area (Å²) in [4.78, 5) is 0. The van der Waals surface area contributed by atoms with Crippen molar-refractivity contribution < 1.29 is 0 Å². The summed E-state index contributed by atoms with van der Waals surface area (Å²) in [5.41, 5.74) is 5.44. The van der Waals surface area contributed by atoms with Crippen LogP contribution in [0.4, 0.5) is 0 Å². The van der Waals surface area contributed by atoms with E-state index in [1.165, 1.54) is 22.5 Å². The van der Waals surface area contributed by atoms with E-state index in [4.69, 9.17) is 0 Å². The number of fused-ring (bicyclic) bond motifs is 1. The molecule has 1 heterocycles. The molecular formula is C16H21N3. The first-order valence-electron chi connectivity index (χ1n) is 7.08. The highest BCUT2D eigenvalue weighted by Gasteiger charge is 2.20. The van der Waals surface area contributed by atoms with Crippen molar-refractivity contribution in [3.05, 3.63) is 52.8 Å². The van der Waals surface area contributed by atoms with Gasteiger partial charge in [-0.15, -0.1) is 0 Å². The monoisotopic (exact) mass is 255 g/mol. The third-order valence-electron chi connectivity index (χ3n) is 4.01. The fourth-order valence-corrected chi connectivity index (χ4v) is 2.86. The Bertz CT molecular complexity index is 546. The molecule has 0 saturated heterocycles. The Labute approximate surface area is 114 Å². The highest BCUT2D eigenvalue weighted by Crippen LogP contribution is 2.21. The van der Waals surface area contributed by atoms with Crippen molar-refractivity contribution in [2.45, 2.75) is 38.8 Å². The third kappa shape index (κ3) is 2.56. The molecule has 0 amide bonds. The fourth-order valence-electron chi connectivity index (χ4n) is 2.86. The maximum absolute atomic E-state index is 4.49. The van der Waals surface area contributed by atoms with E-state index in [1.807, 2.05) is 11.7 Å². The van der Waals surface area contributed by atoms with E-state index >= 15 is 0 Å². The van der Waals surface area contributed by atoms with Crippen LogP contribution in [-0.2, 0) is 32.9 Å². The molecule has 0 radical (unpaired) electrons. The lowest BCUT2D eigenvalue weighted by molar-refractivity contribution is 0.515. The maximum Gasteiger partial charge on any atom is 0.0625 e.